The third-order valence-corrected chi connectivity index (χ3v) is 4.95. The molecule has 0 aliphatic heterocycles. The van der Waals surface area contributed by atoms with Gasteiger partial charge >= 0.3 is 5.97 Å². The summed E-state index contributed by atoms with van der Waals surface area (Å²) in [5.41, 5.74) is 0. The second kappa shape index (κ2) is 7.61. The number of thiophene rings is 1. The fourth-order valence-electron chi connectivity index (χ4n) is 2.49. The van der Waals surface area contributed by atoms with E-state index in [4.69, 9.17) is 16.7 Å². The highest BCUT2D eigenvalue weighted by molar-refractivity contribution is 7.17. The highest BCUT2D eigenvalue weighted by atomic mass is 35.5. The van der Waals surface area contributed by atoms with E-state index in [1.54, 1.807) is 12.1 Å². The predicted octanol–water partition coefficient (Wildman–Crippen LogP) is 3.42. The summed E-state index contributed by atoms with van der Waals surface area (Å²) in [7, 11) is 0. The smallest absolute Gasteiger partial charge is 0.306 e. The van der Waals surface area contributed by atoms with Gasteiger partial charge in [0.05, 0.1) is 10.3 Å². The van der Waals surface area contributed by atoms with Gasteiger partial charge in [-0.1, -0.05) is 11.6 Å². The first kappa shape index (κ1) is 16.0. The third kappa shape index (κ3) is 5.17. The number of nitrogens with one attached hydrogen (secondary N) is 1. The summed E-state index contributed by atoms with van der Waals surface area (Å²) in [5.74, 6) is -0.649. The first-order valence-corrected chi connectivity index (χ1v) is 8.18. The summed E-state index contributed by atoms with van der Waals surface area (Å²) in [4.78, 5) is 23.5. The van der Waals surface area contributed by atoms with Crippen molar-refractivity contribution in [3.05, 3.63) is 27.4 Å². The number of hydrogen-bond donors (Lipinski definition) is 2. The van der Waals surface area contributed by atoms with E-state index in [0.29, 0.717) is 29.6 Å². The Morgan fingerprint density at radius 3 is 2.62 bits per heavy atom. The summed E-state index contributed by atoms with van der Waals surface area (Å²) in [6.45, 7) is 0.612. The second-order valence-electron chi connectivity index (χ2n) is 5.28. The number of carboxylic acid groups (broad SMARTS) is 1. The first-order chi connectivity index (χ1) is 10.0. The zero-order chi connectivity index (χ0) is 15.2. The van der Waals surface area contributed by atoms with E-state index in [1.165, 1.54) is 17.4 Å². The van der Waals surface area contributed by atoms with Gasteiger partial charge < -0.3 is 10.4 Å². The fourth-order valence-corrected chi connectivity index (χ4v) is 3.46. The molecule has 1 heterocycles. The van der Waals surface area contributed by atoms with Gasteiger partial charge in [0.15, 0.2) is 0 Å². The Balaban J connectivity index is 1.70. The maximum atomic E-state index is 11.7. The van der Waals surface area contributed by atoms with Gasteiger partial charge in [0, 0.05) is 17.5 Å². The lowest BCUT2D eigenvalue weighted by atomic mass is 9.82. The van der Waals surface area contributed by atoms with Gasteiger partial charge in [-0.15, -0.1) is 11.3 Å². The maximum Gasteiger partial charge on any atom is 0.306 e. The van der Waals surface area contributed by atoms with E-state index in [0.717, 1.165) is 17.7 Å². The average Bonchev–Trinajstić information content (AvgIpc) is 2.89. The van der Waals surface area contributed by atoms with Crippen molar-refractivity contribution in [3.8, 4) is 0 Å². The largest absolute Gasteiger partial charge is 0.481 e. The SMILES string of the molecule is O=C(/C=C/c1ccc(Cl)s1)NCC1CCC(C(=O)O)CC1. The highest BCUT2D eigenvalue weighted by Crippen LogP contribution is 2.28. The van der Waals surface area contributed by atoms with Crippen molar-refractivity contribution in [3.63, 3.8) is 0 Å². The monoisotopic (exact) mass is 327 g/mol. The molecule has 2 N–H and O–H groups in total. The molecule has 1 aromatic heterocycles. The van der Waals surface area contributed by atoms with Crippen LogP contribution in [0.5, 0.6) is 0 Å². The van der Waals surface area contributed by atoms with Crippen molar-refractivity contribution >= 4 is 40.9 Å². The van der Waals surface area contributed by atoms with Crippen LogP contribution in [-0.4, -0.2) is 23.5 Å². The van der Waals surface area contributed by atoms with Crippen LogP contribution in [0.3, 0.4) is 0 Å². The van der Waals surface area contributed by atoms with Crippen LogP contribution in [0.1, 0.15) is 30.6 Å². The minimum absolute atomic E-state index is 0.125. The molecule has 6 heteroatoms. The minimum atomic E-state index is -0.699. The number of rotatable bonds is 5. The molecule has 0 unspecified atom stereocenters. The highest BCUT2D eigenvalue weighted by Gasteiger charge is 2.25. The van der Waals surface area contributed by atoms with Gasteiger partial charge in [0.1, 0.15) is 0 Å². The Labute approximate surface area is 132 Å². The number of aliphatic carboxylic acids is 1. The van der Waals surface area contributed by atoms with E-state index >= 15 is 0 Å². The van der Waals surface area contributed by atoms with Crippen molar-refractivity contribution in [1.82, 2.24) is 5.32 Å². The van der Waals surface area contributed by atoms with Gasteiger partial charge in [-0.2, -0.15) is 0 Å². The van der Waals surface area contributed by atoms with Crippen LogP contribution in [0.15, 0.2) is 18.2 Å². The number of carbonyl (C=O) groups excluding carboxylic acids is 1. The van der Waals surface area contributed by atoms with E-state index in [1.807, 2.05) is 6.07 Å². The molecule has 1 fully saturated rings. The predicted molar refractivity (Wildman–Crippen MR) is 84.5 cm³/mol. The summed E-state index contributed by atoms with van der Waals surface area (Å²) >= 11 is 7.24. The van der Waals surface area contributed by atoms with E-state index < -0.39 is 5.97 Å². The quantitative estimate of drug-likeness (QED) is 0.814. The summed E-state index contributed by atoms with van der Waals surface area (Å²) in [6, 6.07) is 3.66. The lowest BCUT2D eigenvalue weighted by Gasteiger charge is -2.25. The molecule has 21 heavy (non-hydrogen) atoms. The average molecular weight is 328 g/mol. The van der Waals surface area contributed by atoms with Crippen molar-refractivity contribution in [2.24, 2.45) is 11.8 Å². The Morgan fingerprint density at radius 2 is 2.05 bits per heavy atom. The Bertz CT molecular complexity index is 533. The summed E-state index contributed by atoms with van der Waals surface area (Å²) in [6.07, 6.45) is 6.39. The van der Waals surface area contributed by atoms with Crippen molar-refractivity contribution < 1.29 is 14.7 Å². The molecule has 4 nitrogen and oxygen atoms in total. The molecule has 0 saturated heterocycles. The number of halogens is 1. The third-order valence-electron chi connectivity index (χ3n) is 3.75. The standard InChI is InChI=1S/C15H18ClNO3S/c16-13-7-5-12(21-13)6-8-14(18)17-9-10-1-3-11(4-2-10)15(19)20/h5-8,10-11H,1-4,9H2,(H,17,18)(H,19,20)/b8-6+. The lowest BCUT2D eigenvalue weighted by Crippen LogP contribution is -2.31. The van der Waals surface area contributed by atoms with Crippen LogP contribution in [0.2, 0.25) is 4.34 Å². The fraction of sp³-hybridized carbons (Fsp3) is 0.467. The zero-order valence-electron chi connectivity index (χ0n) is 11.5. The van der Waals surface area contributed by atoms with Crippen LogP contribution in [0.25, 0.3) is 6.08 Å². The number of carboxylic acids is 1. The number of hydrogen-bond acceptors (Lipinski definition) is 3. The summed E-state index contributed by atoms with van der Waals surface area (Å²) in [5, 5.41) is 11.8. The van der Waals surface area contributed by atoms with Gasteiger partial charge in [-0.3, -0.25) is 9.59 Å². The minimum Gasteiger partial charge on any atom is -0.481 e. The van der Waals surface area contributed by atoms with Crippen LogP contribution < -0.4 is 5.32 Å². The topological polar surface area (TPSA) is 66.4 Å². The first-order valence-electron chi connectivity index (χ1n) is 6.98. The van der Waals surface area contributed by atoms with E-state index in [9.17, 15) is 9.59 Å². The molecule has 0 spiro atoms. The maximum absolute atomic E-state index is 11.7. The normalized spacial score (nSPS) is 22.3. The molecule has 1 saturated carbocycles. The Kier molecular flexibility index (Phi) is 5.82. The zero-order valence-corrected chi connectivity index (χ0v) is 13.1. The van der Waals surface area contributed by atoms with Gasteiger partial charge in [-0.05, 0) is 49.8 Å². The molecule has 0 aromatic carbocycles. The van der Waals surface area contributed by atoms with Gasteiger partial charge in [-0.25, -0.2) is 0 Å². The molecule has 0 bridgehead atoms. The molecular weight excluding hydrogens is 310 g/mol. The second-order valence-corrected chi connectivity index (χ2v) is 7.02. The van der Waals surface area contributed by atoms with Crippen molar-refractivity contribution in [2.45, 2.75) is 25.7 Å². The number of carbonyl (C=O) groups is 2. The van der Waals surface area contributed by atoms with Gasteiger partial charge in [0.2, 0.25) is 5.91 Å². The van der Waals surface area contributed by atoms with Gasteiger partial charge in [0.25, 0.3) is 0 Å². The molecule has 1 amide bonds. The molecule has 0 radical (unpaired) electrons. The van der Waals surface area contributed by atoms with Crippen LogP contribution in [0, 0.1) is 11.8 Å². The molecule has 2 rings (SSSR count). The van der Waals surface area contributed by atoms with Crippen molar-refractivity contribution in [1.29, 1.82) is 0 Å². The summed E-state index contributed by atoms with van der Waals surface area (Å²) < 4.78 is 0.699. The Morgan fingerprint density at radius 1 is 1.33 bits per heavy atom. The van der Waals surface area contributed by atoms with Crippen LogP contribution >= 0.6 is 22.9 Å². The van der Waals surface area contributed by atoms with Crippen molar-refractivity contribution in [2.75, 3.05) is 6.54 Å². The van der Waals surface area contributed by atoms with Crippen LogP contribution in [-0.2, 0) is 9.59 Å². The molecular formula is C15H18ClNO3S. The number of amides is 1. The molecule has 114 valence electrons. The molecule has 1 aliphatic rings. The molecule has 0 atom stereocenters. The van der Waals surface area contributed by atoms with Crippen LogP contribution in [0.4, 0.5) is 0 Å². The van der Waals surface area contributed by atoms with E-state index in [-0.39, 0.29) is 11.8 Å². The molecule has 1 aliphatic carbocycles. The molecule has 1 aromatic rings. The lowest BCUT2D eigenvalue weighted by molar-refractivity contribution is -0.143. The Hall–Kier alpha value is -1.33. The van der Waals surface area contributed by atoms with E-state index in [2.05, 4.69) is 5.32 Å².